The van der Waals surface area contributed by atoms with Crippen molar-refractivity contribution in [2.45, 2.75) is 6.54 Å². The predicted octanol–water partition coefficient (Wildman–Crippen LogP) is 0.842. The molecule has 1 aromatic carbocycles. The van der Waals surface area contributed by atoms with Gasteiger partial charge in [-0.1, -0.05) is 12.1 Å². The van der Waals surface area contributed by atoms with Gasteiger partial charge >= 0.3 is 0 Å². The predicted molar refractivity (Wildman–Crippen MR) is 45.3 cm³/mol. The highest BCUT2D eigenvalue weighted by atomic mass is 16.3. The van der Waals surface area contributed by atoms with Crippen LogP contribution in [0.4, 0.5) is 0 Å². The highest BCUT2D eigenvalue weighted by Crippen LogP contribution is 2.08. The van der Waals surface area contributed by atoms with Crippen LogP contribution in [0.1, 0.15) is 5.56 Å². The molecule has 1 radical (unpaired) electrons. The van der Waals surface area contributed by atoms with Crippen LogP contribution in [-0.4, -0.2) is 11.0 Å². The zero-order valence-corrected chi connectivity index (χ0v) is 6.58. The SMILES string of the molecule is [CH2]C(=O)NCc1ccc(O)cc1. The largest absolute Gasteiger partial charge is 0.508 e. The average Bonchev–Trinajstić information content (AvgIpc) is 2.03. The lowest BCUT2D eigenvalue weighted by Crippen LogP contribution is -2.18. The van der Waals surface area contributed by atoms with Crippen LogP contribution in [0.15, 0.2) is 24.3 Å². The molecule has 0 saturated heterocycles. The van der Waals surface area contributed by atoms with Gasteiger partial charge in [0.2, 0.25) is 5.91 Å². The molecule has 0 fully saturated rings. The molecule has 3 heteroatoms. The molecule has 1 aromatic rings. The van der Waals surface area contributed by atoms with Crippen LogP contribution in [0.3, 0.4) is 0 Å². The number of hydrogen-bond acceptors (Lipinski definition) is 2. The van der Waals surface area contributed by atoms with E-state index < -0.39 is 0 Å². The summed E-state index contributed by atoms with van der Waals surface area (Å²) in [7, 11) is 0. The highest BCUT2D eigenvalue weighted by Gasteiger charge is 1.93. The smallest absolute Gasteiger partial charge is 0.220 e. The topological polar surface area (TPSA) is 49.3 Å². The van der Waals surface area contributed by atoms with Crippen LogP contribution in [0.5, 0.6) is 5.75 Å². The van der Waals surface area contributed by atoms with E-state index in [1.54, 1.807) is 24.3 Å². The standard InChI is InChI=1S/C9H10NO2/c1-7(11)10-6-8-2-4-9(12)5-3-8/h2-5,12H,1,6H2,(H,10,11). The van der Waals surface area contributed by atoms with E-state index in [4.69, 9.17) is 5.11 Å². The van der Waals surface area contributed by atoms with Gasteiger partial charge in [-0.15, -0.1) is 0 Å². The number of amides is 1. The zero-order chi connectivity index (χ0) is 8.97. The Kier molecular flexibility index (Phi) is 2.69. The fourth-order valence-electron chi connectivity index (χ4n) is 0.814. The van der Waals surface area contributed by atoms with Gasteiger partial charge in [-0.3, -0.25) is 4.79 Å². The van der Waals surface area contributed by atoms with Gasteiger partial charge in [-0.2, -0.15) is 0 Å². The average molecular weight is 164 g/mol. The fourth-order valence-corrected chi connectivity index (χ4v) is 0.814. The van der Waals surface area contributed by atoms with E-state index in [1.165, 1.54) is 0 Å². The fraction of sp³-hybridized carbons (Fsp3) is 0.111. The molecule has 63 valence electrons. The van der Waals surface area contributed by atoms with Crippen molar-refractivity contribution in [1.29, 1.82) is 0 Å². The maximum Gasteiger partial charge on any atom is 0.220 e. The molecule has 0 heterocycles. The molecular weight excluding hydrogens is 154 g/mol. The molecule has 1 rings (SSSR count). The van der Waals surface area contributed by atoms with E-state index in [1.807, 2.05) is 0 Å². The molecule has 0 aliphatic rings. The van der Waals surface area contributed by atoms with Gasteiger partial charge in [-0.25, -0.2) is 0 Å². The van der Waals surface area contributed by atoms with Gasteiger partial charge in [0.25, 0.3) is 0 Å². The van der Waals surface area contributed by atoms with Crippen molar-refractivity contribution in [2.24, 2.45) is 0 Å². The summed E-state index contributed by atoms with van der Waals surface area (Å²) in [5, 5.41) is 11.5. The maximum absolute atomic E-state index is 10.4. The van der Waals surface area contributed by atoms with Gasteiger partial charge < -0.3 is 10.4 Å². The minimum absolute atomic E-state index is 0.222. The Morgan fingerprint density at radius 1 is 1.42 bits per heavy atom. The third-order valence-corrected chi connectivity index (χ3v) is 1.43. The first-order chi connectivity index (χ1) is 5.68. The van der Waals surface area contributed by atoms with Gasteiger partial charge in [0.1, 0.15) is 5.75 Å². The molecule has 0 spiro atoms. The van der Waals surface area contributed by atoms with Crippen LogP contribution >= 0.6 is 0 Å². The molecule has 0 aliphatic heterocycles. The first kappa shape index (κ1) is 8.59. The number of aromatic hydroxyl groups is 1. The second-order valence-corrected chi connectivity index (χ2v) is 2.44. The van der Waals surface area contributed by atoms with E-state index in [0.717, 1.165) is 5.56 Å². The van der Waals surface area contributed by atoms with Crippen molar-refractivity contribution >= 4 is 5.91 Å². The lowest BCUT2D eigenvalue weighted by atomic mass is 10.2. The first-order valence-corrected chi connectivity index (χ1v) is 3.56. The molecule has 12 heavy (non-hydrogen) atoms. The van der Waals surface area contributed by atoms with Crippen molar-refractivity contribution in [3.05, 3.63) is 36.8 Å². The second kappa shape index (κ2) is 3.76. The lowest BCUT2D eigenvalue weighted by Gasteiger charge is -2.01. The molecular formula is C9H10NO2. The Morgan fingerprint density at radius 2 is 2.00 bits per heavy atom. The van der Waals surface area contributed by atoms with E-state index in [-0.39, 0.29) is 11.7 Å². The number of phenolic OH excluding ortho intramolecular Hbond substituents is 1. The Hall–Kier alpha value is -1.51. The van der Waals surface area contributed by atoms with Crippen LogP contribution in [-0.2, 0) is 11.3 Å². The normalized spacial score (nSPS) is 9.42. The molecule has 2 N–H and O–H groups in total. The second-order valence-electron chi connectivity index (χ2n) is 2.44. The summed E-state index contributed by atoms with van der Waals surface area (Å²) in [6.07, 6.45) is 0. The van der Waals surface area contributed by atoms with Crippen molar-refractivity contribution in [3.8, 4) is 5.75 Å². The molecule has 0 aliphatic carbocycles. The van der Waals surface area contributed by atoms with E-state index in [9.17, 15) is 4.79 Å². The van der Waals surface area contributed by atoms with Crippen LogP contribution in [0.2, 0.25) is 0 Å². The third kappa shape index (κ3) is 2.62. The minimum atomic E-state index is -0.303. The number of rotatable bonds is 2. The Labute approximate surface area is 71.0 Å². The Balaban J connectivity index is 2.53. The minimum Gasteiger partial charge on any atom is -0.508 e. The summed E-state index contributed by atoms with van der Waals surface area (Å²) in [6, 6.07) is 6.63. The van der Waals surface area contributed by atoms with Gasteiger partial charge in [0, 0.05) is 13.5 Å². The maximum atomic E-state index is 10.4. The number of carbonyl (C=O) groups is 1. The van der Waals surface area contributed by atoms with E-state index >= 15 is 0 Å². The molecule has 0 atom stereocenters. The molecule has 0 unspecified atom stereocenters. The number of hydrogen-bond donors (Lipinski definition) is 2. The summed E-state index contributed by atoms with van der Waals surface area (Å²) in [6.45, 7) is 3.62. The van der Waals surface area contributed by atoms with Crippen molar-refractivity contribution < 1.29 is 9.90 Å². The number of phenols is 1. The van der Waals surface area contributed by atoms with Gasteiger partial charge in [-0.05, 0) is 17.7 Å². The zero-order valence-electron chi connectivity index (χ0n) is 6.58. The molecule has 3 nitrogen and oxygen atoms in total. The molecule has 0 bridgehead atoms. The highest BCUT2D eigenvalue weighted by molar-refractivity contribution is 5.79. The Morgan fingerprint density at radius 3 is 2.50 bits per heavy atom. The van der Waals surface area contributed by atoms with Gasteiger partial charge in [0.05, 0.1) is 0 Å². The van der Waals surface area contributed by atoms with E-state index in [2.05, 4.69) is 12.2 Å². The van der Waals surface area contributed by atoms with E-state index in [0.29, 0.717) is 6.54 Å². The van der Waals surface area contributed by atoms with Crippen molar-refractivity contribution in [3.63, 3.8) is 0 Å². The van der Waals surface area contributed by atoms with Crippen LogP contribution in [0.25, 0.3) is 0 Å². The molecule has 0 saturated carbocycles. The van der Waals surface area contributed by atoms with Crippen LogP contribution in [0, 0.1) is 6.92 Å². The summed E-state index contributed by atoms with van der Waals surface area (Å²) in [4.78, 5) is 10.4. The number of nitrogens with one attached hydrogen (secondary N) is 1. The van der Waals surface area contributed by atoms with Crippen molar-refractivity contribution in [2.75, 3.05) is 0 Å². The summed E-state index contributed by atoms with van der Waals surface area (Å²) < 4.78 is 0. The monoisotopic (exact) mass is 164 g/mol. The summed E-state index contributed by atoms with van der Waals surface area (Å²) in [5.74, 6) is -0.0808. The summed E-state index contributed by atoms with van der Waals surface area (Å²) in [5.41, 5.74) is 0.935. The van der Waals surface area contributed by atoms with Gasteiger partial charge in [0.15, 0.2) is 0 Å². The number of benzene rings is 1. The first-order valence-electron chi connectivity index (χ1n) is 3.56. The quantitative estimate of drug-likeness (QED) is 0.680. The lowest BCUT2D eigenvalue weighted by molar-refractivity contribution is -0.116. The Bertz CT molecular complexity index is 266. The summed E-state index contributed by atoms with van der Waals surface area (Å²) >= 11 is 0. The number of carbonyl (C=O) groups excluding carboxylic acids is 1. The molecule has 1 amide bonds. The van der Waals surface area contributed by atoms with Crippen LogP contribution < -0.4 is 5.32 Å². The van der Waals surface area contributed by atoms with Crippen molar-refractivity contribution in [1.82, 2.24) is 5.32 Å². The molecule has 0 aromatic heterocycles. The third-order valence-electron chi connectivity index (χ3n) is 1.43.